The van der Waals surface area contributed by atoms with Gasteiger partial charge in [-0.1, -0.05) is 33.6 Å². The van der Waals surface area contributed by atoms with Crippen LogP contribution in [0, 0.1) is 20.8 Å². The number of benzene rings is 1. The first-order valence-corrected chi connectivity index (χ1v) is 7.58. The number of halogens is 1. The number of hydrogen-bond donors (Lipinski definition) is 1. The largest absolute Gasteiger partial charge is 0.273 e. The van der Waals surface area contributed by atoms with Gasteiger partial charge in [0.15, 0.2) is 0 Å². The highest BCUT2D eigenvalue weighted by molar-refractivity contribution is 9.09. The van der Waals surface area contributed by atoms with Crippen molar-refractivity contribution in [3.05, 3.63) is 28.8 Å². The van der Waals surface area contributed by atoms with E-state index in [9.17, 15) is 13.2 Å². The molecule has 0 fully saturated rings. The molecule has 0 aromatic heterocycles. The van der Waals surface area contributed by atoms with Gasteiger partial charge in [-0.25, -0.2) is 13.1 Å². The molecule has 0 unspecified atom stereocenters. The van der Waals surface area contributed by atoms with E-state index in [1.807, 2.05) is 11.6 Å². The van der Waals surface area contributed by atoms with E-state index in [2.05, 4.69) is 15.9 Å². The van der Waals surface area contributed by atoms with E-state index in [-0.39, 0.29) is 10.2 Å². The Balaban J connectivity index is 3.29. The number of alkyl halides is 1. The molecule has 0 aliphatic heterocycles. The van der Waals surface area contributed by atoms with Gasteiger partial charge in [0, 0.05) is 0 Å². The minimum Gasteiger partial charge on any atom is -0.273 e. The van der Waals surface area contributed by atoms with Crippen molar-refractivity contribution < 1.29 is 13.2 Å². The monoisotopic (exact) mass is 319 g/mol. The molecule has 1 aromatic carbocycles. The van der Waals surface area contributed by atoms with Crippen LogP contribution in [0.15, 0.2) is 17.0 Å². The molecule has 0 atom stereocenters. The third-order valence-corrected chi connectivity index (χ3v) is 4.43. The second-order valence-corrected chi connectivity index (χ2v) is 6.07. The molecule has 0 heterocycles. The highest BCUT2D eigenvalue weighted by Crippen LogP contribution is 2.21. The van der Waals surface area contributed by atoms with E-state index in [4.69, 9.17) is 0 Å². The maximum atomic E-state index is 12.0. The molecule has 0 saturated carbocycles. The first kappa shape index (κ1) is 14.2. The number of sulfonamides is 1. The fraction of sp³-hybridized carbons (Fsp3) is 0.364. The number of aryl methyl sites for hydroxylation is 3. The van der Waals surface area contributed by atoms with Crippen molar-refractivity contribution in [2.45, 2.75) is 25.7 Å². The molecule has 6 heteroatoms. The summed E-state index contributed by atoms with van der Waals surface area (Å²) < 4.78 is 26.0. The van der Waals surface area contributed by atoms with E-state index in [0.717, 1.165) is 5.56 Å². The van der Waals surface area contributed by atoms with Gasteiger partial charge in [0.05, 0.1) is 10.2 Å². The smallest absolute Gasteiger partial charge is 0.264 e. The van der Waals surface area contributed by atoms with Gasteiger partial charge in [-0.15, -0.1) is 0 Å². The maximum Gasteiger partial charge on any atom is 0.264 e. The summed E-state index contributed by atoms with van der Waals surface area (Å²) in [4.78, 5) is 11.3. The molecule has 17 heavy (non-hydrogen) atoms. The Morgan fingerprint density at radius 3 is 2.12 bits per heavy atom. The molecule has 0 spiro atoms. The summed E-state index contributed by atoms with van der Waals surface area (Å²) in [5.41, 5.74) is 2.26. The first-order chi connectivity index (χ1) is 7.77. The van der Waals surface area contributed by atoms with E-state index < -0.39 is 15.9 Å². The van der Waals surface area contributed by atoms with Crippen LogP contribution in [0.1, 0.15) is 16.7 Å². The molecule has 0 radical (unpaired) electrons. The molecule has 1 amide bonds. The van der Waals surface area contributed by atoms with Crippen LogP contribution in [0.3, 0.4) is 0 Å². The van der Waals surface area contributed by atoms with Crippen LogP contribution in [-0.2, 0) is 14.8 Å². The third-order valence-electron chi connectivity index (χ3n) is 2.24. The Morgan fingerprint density at radius 2 is 1.71 bits per heavy atom. The van der Waals surface area contributed by atoms with Crippen LogP contribution < -0.4 is 4.72 Å². The van der Waals surface area contributed by atoms with Crippen LogP contribution in [0.5, 0.6) is 0 Å². The second kappa shape index (κ2) is 5.18. The van der Waals surface area contributed by atoms with Crippen molar-refractivity contribution in [2.75, 3.05) is 5.33 Å². The predicted octanol–water partition coefficient (Wildman–Crippen LogP) is 1.81. The lowest BCUT2D eigenvalue weighted by Crippen LogP contribution is -2.32. The fourth-order valence-corrected chi connectivity index (χ4v) is 3.58. The highest BCUT2D eigenvalue weighted by atomic mass is 79.9. The molecule has 1 rings (SSSR count). The van der Waals surface area contributed by atoms with Gasteiger partial charge in [0.1, 0.15) is 0 Å². The molecule has 4 nitrogen and oxygen atoms in total. The SMILES string of the molecule is Cc1cc(C)c(S(=O)(=O)NC(=O)CBr)c(C)c1. The van der Waals surface area contributed by atoms with Crippen LogP contribution in [0.25, 0.3) is 0 Å². The van der Waals surface area contributed by atoms with Crippen molar-refractivity contribution in [1.82, 2.24) is 4.72 Å². The molecular weight excluding hydrogens is 306 g/mol. The lowest BCUT2D eigenvalue weighted by molar-refractivity contribution is -0.116. The summed E-state index contributed by atoms with van der Waals surface area (Å²) in [7, 11) is -3.78. The Hall–Kier alpha value is -0.880. The summed E-state index contributed by atoms with van der Waals surface area (Å²) >= 11 is 2.91. The normalized spacial score (nSPS) is 11.3. The van der Waals surface area contributed by atoms with Crippen molar-refractivity contribution in [1.29, 1.82) is 0 Å². The average Bonchev–Trinajstić information content (AvgIpc) is 2.14. The molecule has 0 aliphatic carbocycles. The predicted molar refractivity (Wildman–Crippen MR) is 69.8 cm³/mol. The van der Waals surface area contributed by atoms with Gasteiger partial charge in [-0.05, 0) is 31.9 Å². The molecule has 0 bridgehead atoms. The van der Waals surface area contributed by atoms with Gasteiger partial charge in [-0.2, -0.15) is 0 Å². The summed E-state index contributed by atoms with van der Waals surface area (Å²) in [6, 6.07) is 3.56. The summed E-state index contributed by atoms with van der Waals surface area (Å²) in [6.45, 7) is 5.33. The zero-order chi connectivity index (χ0) is 13.2. The number of amides is 1. The molecule has 1 N–H and O–H groups in total. The van der Waals surface area contributed by atoms with E-state index in [1.54, 1.807) is 26.0 Å². The highest BCUT2D eigenvalue weighted by Gasteiger charge is 2.21. The number of rotatable bonds is 3. The third kappa shape index (κ3) is 3.29. The molecule has 0 aliphatic rings. The van der Waals surface area contributed by atoms with Crippen molar-refractivity contribution in [2.24, 2.45) is 0 Å². The minimum atomic E-state index is -3.78. The van der Waals surface area contributed by atoms with Gasteiger partial charge < -0.3 is 0 Å². The van der Waals surface area contributed by atoms with Crippen LogP contribution in [0.2, 0.25) is 0 Å². The molecular formula is C11H14BrNO3S. The Morgan fingerprint density at radius 1 is 1.24 bits per heavy atom. The van der Waals surface area contributed by atoms with Gasteiger partial charge in [0.25, 0.3) is 10.0 Å². The van der Waals surface area contributed by atoms with E-state index in [1.165, 1.54) is 0 Å². The van der Waals surface area contributed by atoms with Crippen LogP contribution in [-0.4, -0.2) is 19.7 Å². The summed E-state index contributed by atoms with van der Waals surface area (Å²) in [5, 5.41) is -0.0454. The summed E-state index contributed by atoms with van der Waals surface area (Å²) in [5.74, 6) is -0.579. The van der Waals surface area contributed by atoms with E-state index >= 15 is 0 Å². The number of carbonyl (C=O) groups is 1. The Bertz CT molecular complexity index is 529. The lowest BCUT2D eigenvalue weighted by Gasteiger charge is -2.12. The molecule has 94 valence electrons. The van der Waals surface area contributed by atoms with Crippen molar-refractivity contribution in [3.8, 4) is 0 Å². The topological polar surface area (TPSA) is 63.2 Å². The summed E-state index contributed by atoms with van der Waals surface area (Å²) in [6.07, 6.45) is 0. The minimum absolute atomic E-state index is 0.0454. The Labute approximate surface area is 110 Å². The van der Waals surface area contributed by atoms with Gasteiger partial charge >= 0.3 is 0 Å². The number of carbonyl (C=O) groups excluding carboxylic acids is 1. The quantitative estimate of drug-likeness (QED) is 0.864. The molecule has 0 saturated heterocycles. The zero-order valence-electron chi connectivity index (χ0n) is 9.87. The number of hydrogen-bond acceptors (Lipinski definition) is 3. The van der Waals surface area contributed by atoms with E-state index in [0.29, 0.717) is 11.1 Å². The zero-order valence-corrected chi connectivity index (χ0v) is 12.3. The van der Waals surface area contributed by atoms with Crippen LogP contribution in [0.4, 0.5) is 0 Å². The van der Waals surface area contributed by atoms with Gasteiger partial charge in [0.2, 0.25) is 5.91 Å². The average molecular weight is 320 g/mol. The first-order valence-electron chi connectivity index (χ1n) is 4.97. The lowest BCUT2D eigenvalue weighted by atomic mass is 10.1. The standard InChI is InChI=1S/C11H14BrNO3S/c1-7-4-8(2)11(9(3)5-7)17(15,16)13-10(14)6-12/h4-5H,6H2,1-3H3,(H,13,14). The number of nitrogens with one attached hydrogen (secondary N) is 1. The van der Waals surface area contributed by atoms with Crippen LogP contribution >= 0.6 is 15.9 Å². The maximum absolute atomic E-state index is 12.0. The van der Waals surface area contributed by atoms with Crippen molar-refractivity contribution in [3.63, 3.8) is 0 Å². The fourth-order valence-electron chi connectivity index (χ4n) is 1.82. The molecule has 1 aromatic rings. The van der Waals surface area contributed by atoms with Gasteiger partial charge in [-0.3, -0.25) is 4.79 Å². The van der Waals surface area contributed by atoms with Crippen molar-refractivity contribution >= 4 is 31.9 Å². The second-order valence-electron chi connectivity index (χ2n) is 3.89. The Kier molecular flexibility index (Phi) is 4.32.